The average Bonchev–Trinajstić information content (AvgIpc) is 3.97. The zero-order chi connectivity index (χ0) is 55.2. The number of nitrogens with one attached hydrogen (secondary N) is 2. The number of para-hydroxylation sites is 1. The second-order valence-electron chi connectivity index (χ2n) is 21.4. The van der Waals surface area contributed by atoms with Crippen molar-refractivity contribution in [1.29, 1.82) is 0 Å². The van der Waals surface area contributed by atoms with Crippen LogP contribution in [0.4, 0.5) is 20.2 Å². The Balaban J connectivity index is 0.952. The average molecular weight is 1110 g/mol. The number of rotatable bonds is 39. The molecule has 0 saturated heterocycles. The van der Waals surface area contributed by atoms with E-state index in [4.69, 9.17) is 9.47 Å². The lowest BCUT2D eigenvalue weighted by atomic mass is 10.1. The molecular weight excluding hydrogens is 1010 g/mol. The summed E-state index contributed by atoms with van der Waals surface area (Å²) in [4.78, 5) is 26.7. The van der Waals surface area contributed by atoms with Crippen LogP contribution in [0.2, 0.25) is 0 Å². The first-order valence-electron chi connectivity index (χ1n) is 29.7. The van der Waals surface area contributed by atoms with Crippen LogP contribution in [0.15, 0.2) is 95.7 Å². The Morgan fingerprint density at radius 1 is 0.474 bits per heavy atom. The number of aromatic nitrogens is 2. The number of aryl methyl sites for hydroxylation is 2. The van der Waals surface area contributed by atoms with Crippen molar-refractivity contribution in [2.24, 2.45) is 0 Å². The Bertz CT molecular complexity index is 2720. The van der Waals surface area contributed by atoms with Crippen molar-refractivity contribution in [1.82, 2.24) is 0 Å². The van der Waals surface area contributed by atoms with Gasteiger partial charge in [0, 0.05) is 41.9 Å². The highest BCUT2D eigenvalue weighted by Gasteiger charge is 2.31. The molecule has 78 heavy (non-hydrogen) atoms. The zero-order valence-electron chi connectivity index (χ0n) is 47.6. The molecule has 2 amide bonds. The van der Waals surface area contributed by atoms with E-state index in [1.165, 1.54) is 134 Å². The van der Waals surface area contributed by atoms with E-state index in [1.807, 2.05) is 36.4 Å². The van der Waals surface area contributed by atoms with Crippen molar-refractivity contribution in [2.45, 2.75) is 208 Å². The summed E-state index contributed by atoms with van der Waals surface area (Å²) in [5.41, 5.74) is 6.76. The van der Waals surface area contributed by atoms with Crippen molar-refractivity contribution in [3.05, 3.63) is 141 Å². The van der Waals surface area contributed by atoms with Gasteiger partial charge in [-0.3, -0.25) is 9.59 Å². The van der Waals surface area contributed by atoms with E-state index < -0.39 is 11.6 Å². The second kappa shape index (κ2) is 35.2. The third-order valence-electron chi connectivity index (χ3n) is 14.6. The predicted molar refractivity (Wildman–Crippen MR) is 319 cm³/mol. The summed E-state index contributed by atoms with van der Waals surface area (Å²) < 4.78 is 46.5. The lowest BCUT2D eigenvalue weighted by Crippen LogP contribution is -2.43. The zero-order valence-corrected chi connectivity index (χ0v) is 49.2. The van der Waals surface area contributed by atoms with Crippen LogP contribution in [0.1, 0.15) is 202 Å². The molecule has 422 valence electrons. The van der Waals surface area contributed by atoms with Crippen molar-refractivity contribution < 1.29 is 37.0 Å². The first-order chi connectivity index (χ1) is 38.1. The van der Waals surface area contributed by atoms with E-state index in [2.05, 4.69) is 70.4 Å². The van der Waals surface area contributed by atoms with Gasteiger partial charge in [-0.1, -0.05) is 220 Å². The van der Waals surface area contributed by atoms with Crippen LogP contribution in [0.3, 0.4) is 0 Å². The van der Waals surface area contributed by atoms with E-state index in [0.717, 1.165) is 64.6 Å². The Morgan fingerprint density at radius 2 is 0.910 bits per heavy atom. The second-order valence-corrected chi connectivity index (χ2v) is 23.1. The molecule has 0 radical (unpaired) electrons. The third-order valence-corrected chi connectivity index (χ3v) is 16.9. The molecule has 2 N–H and O–H groups in total. The van der Waals surface area contributed by atoms with Gasteiger partial charge in [-0.05, 0) is 60.9 Å². The van der Waals surface area contributed by atoms with Gasteiger partial charge >= 0.3 is 10.0 Å². The first kappa shape index (κ1) is 61.7. The third kappa shape index (κ3) is 21.6. The van der Waals surface area contributed by atoms with Gasteiger partial charge in [0.2, 0.25) is 11.8 Å². The largest absolute Gasteiger partial charge is 0.491 e. The molecule has 0 aliphatic carbocycles. The number of carbonyl (C=O) groups excluding carboxylic acids is 2. The molecule has 2 heterocycles. The number of benzene rings is 4. The SMILES string of the molecule is CCCCCCCCCCCCCCOc1ccc(CC(=O)Nc2cccc(C[n+]3c(C)csc3-c3scc(C)[n+]3Cc3cccc(NC(=O)Cc4cccc(F)c4OCCCCCCCCCCCCCC)c3)c2)cc1F. The molecule has 0 aliphatic rings. The minimum absolute atomic E-state index is 0.00324. The minimum Gasteiger partial charge on any atom is -0.491 e. The Kier molecular flexibility index (Phi) is 27.9. The number of carbonyl (C=O) groups is 2. The monoisotopic (exact) mass is 1100 g/mol. The van der Waals surface area contributed by atoms with Crippen LogP contribution < -0.4 is 29.2 Å². The van der Waals surface area contributed by atoms with Crippen LogP contribution in [-0.4, -0.2) is 25.0 Å². The van der Waals surface area contributed by atoms with Crippen molar-refractivity contribution >= 4 is 45.9 Å². The van der Waals surface area contributed by atoms with Crippen LogP contribution in [0, 0.1) is 25.5 Å². The number of ether oxygens (including phenoxy) is 2. The standard InChI is InChI=1S/C66H88F2N4O4S2/c1-5-7-9-11-13-15-17-19-21-23-25-27-40-75-61-39-38-53(44-60(61)68)45-62(73)69-57-35-29-32-54(42-57)47-71-51(3)49-77-65(71)66-72(52(4)50-78-66)48-55-33-30-36-58(43-55)70-63(74)46-56-34-31-37-59(67)64(56)76-41-28-26-24-22-20-18-16-14-12-10-8-6-2/h29-39,42-44,49-50H,5-28,40-41,45-48H2,1-4H3/p+2. The lowest BCUT2D eigenvalue weighted by molar-refractivity contribution is -0.706. The van der Waals surface area contributed by atoms with E-state index in [9.17, 15) is 9.59 Å². The maximum atomic E-state index is 15.1. The Labute approximate surface area is 474 Å². The Morgan fingerprint density at radius 3 is 1.38 bits per heavy atom. The molecule has 0 bridgehead atoms. The van der Waals surface area contributed by atoms with Crippen LogP contribution >= 0.6 is 22.7 Å². The van der Waals surface area contributed by atoms with Crippen molar-refractivity contribution in [3.63, 3.8) is 0 Å². The van der Waals surface area contributed by atoms with E-state index >= 15 is 8.78 Å². The predicted octanol–water partition coefficient (Wildman–Crippen LogP) is 17.6. The highest BCUT2D eigenvalue weighted by atomic mass is 32.1. The highest BCUT2D eigenvalue weighted by Crippen LogP contribution is 2.28. The number of unbranched alkanes of at least 4 members (excludes halogenated alkanes) is 22. The fourth-order valence-electron chi connectivity index (χ4n) is 10.1. The summed E-state index contributed by atoms with van der Waals surface area (Å²) in [6.45, 7) is 10.8. The van der Waals surface area contributed by atoms with Gasteiger partial charge in [0.15, 0.2) is 47.6 Å². The number of nitrogens with zero attached hydrogens (tertiary/aromatic N) is 2. The van der Waals surface area contributed by atoms with Gasteiger partial charge < -0.3 is 20.1 Å². The van der Waals surface area contributed by atoms with Gasteiger partial charge in [-0.2, -0.15) is 9.13 Å². The van der Waals surface area contributed by atoms with Gasteiger partial charge in [0.05, 0.1) is 36.8 Å². The molecule has 12 heteroatoms. The highest BCUT2D eigenvalue weighted by molar-refractivity contribution is 7.19. The maximum absolute atomic E-state index is 15.1. The summed E-state index contributed by atoms with van der Waals surface area (Å²) in [7, 11) is 0. The fraction of sp³-hybridized carbons (Fsp3) is 0.515. The topological polar surface area (TPSA) is 84.4 Å². The number of thiazole rings is 2. The molecule has 4 aromatic carbocycles. The number of hydrogen-bond donors (Lipinski definition) is 2. The normalized spacial score (nSPS) is 11.3. The minimum atomic E-state index is -0.446. The molecular formula is C66H90F2N4O4S2+2. The molecule has 0 saturated carbocycles. The van der Waals surface area contributed by atoms with Crippen LogP contribution in [0.5, 0.6) is 11.5 Å². The van der Waals surface area contributed by atoms with Crippen molar-refractivity contribution in [3.8, 4) is 21.5 Å². The van der Waals surface area contributed by atoms with Gasteiger partial charge in [0.25, 0.3) is 0 Å². The molecule has 6 aromatic rings. The van der Waals surface area contributed by atoms with Gasteiger partial charge in [-0.25, -0.2) is 8.78 Å². The molecule has 2 aromatic heterocycles. The maximum Gasteiger partial charge on any atom is 0.346 e. The molecule has 0 aliphatic heterocycles. The molecule has 0 atom stereocenters. The van der Waals surface area contributed by atoms with Crippen LogP contribution in [0.25, 0.3) is 10.0 Å². The molecule has 8 nitrogen and oxygen atoms in total. The number of amides is 2. The molecule has 6 rings (SSSR count). The quantitative estimate of drug-likeness (QED) is 0.0298. The number of hydrogen-bond acceptors (Lipinski definition) is 6. The molecule has 0 unspecified atom stereocenters. The van der Waals surface area contributed by atoms with Gasteiger partial charge in [0.1, 0.15) is 0 Å². The summed E-state index contributed by atoms with van der Waals surface area (Å²) in [5.74, 6) is -0.956. The van der Waals surface area contributed by atoms with E-state index in [1.54, 1.807) is 46.9 Å². The number of anilines is 2. The summed E-state index contributed by atoms with van der Waals surface area (Å²) >= 11 is 3.39. The summed E-state index contributed by atoms with van der Waals surface area (Å²) in [5, 5.41) is 12.6. The van der Waals surface area contributed by atoms with Gasteiger partial charge in [-0.15, -0.1) is 0 Å². The smallest absolute Gasteiger partial charge is 0.346 e. The Hall–Kier alpha value is -5.46. The summed E-state index contributed by atoms with van der Waals surface area (Å²) in [6, 6.07) is 25.4. The lowest BCUT2D eigenvalue weighted by Gasteiger charge is -2.13. The number of halogens is 2. The van der Waals surface area contributed by atoms with Crippen molar-refractivity contribution in [2.75, 3.05) is 23.8 Å². The summed E-state index contributed by atoms with van der Waals surface area (Å²) in [6.07, 6.45) is 30.1. The van der Waals surface area contributed by atoms with Crippen LogP contribution in [-0.2, 0) is 35.5 Å². The van der Waals surface area contributed by atoms with E-state index in [0.29, 0.717) is 48.8 Å². The van der Waals surface area contributed by atoms with E-state index in [-0.39, 0.29) is 36.2 Å². The fourth-order valence-corrected chi connectivity index (χ4v) is 12.3. The molecule has 0 spiro atoms. The first-order valence-corrected chi connectivity index (χ1v) is 31.4. The molecule has 0 fully saturated rings.